The van der Waals surface area contributed by atoms with Gasteiger partial charge in [0.1, 0.15) is 16.8 Å². The maximum atomic E-state index is 12.9. The standard InChI is InChI=1S/C18H25N5O3/c1-4-22-8-6-5-7-13(11-22)19-18(25)14-9-15-16(10-17(14)26-3)23(12(2)24)21-20-15/h9-10,13H,4-8,11H2,1-3H3,(H,19,25). The van der Waals surface area contributed by atoms with Crippen LogP contribution in [0.1, 0.15) is 48.3 Å². The smallest absolute Gasteiger partial charge is 0.255 e. The molecule has 2 heterocycles. The van der Waals surface area contributed by atoms with Crippen LogP contribution in [0.15, 0.2) is 12.1 Å². The van der Waals surface area contributed by atoms with Gasteiger partial charge in [0.2, 0.25) is 5.91 Å². The fourth-order valence-corrected chi connectivity index (χ4v) is 3.42. The third-order valence-electron chi connectivity index (χ3n) is 4.85. The van der Waals surface area contributed by atoms with Crippen molar-refractivity contribution in [2.45, 2.75) is 39.2 Å². The van der Waals surface area contributed by atoms with Crippen molar-refractivity contribution in [1.29, 1.82) is 0 Å². The molecule has 1 atom stereocenters. The van der Waals surface area contributed by atoms with Gasteiger partial charge in [-0.2, -0.15) is 4.68 Å². The molecule has 0 spiro atoms. The molecule has 3 rings (SSSR count). The molecule has 0 aliphatic carbocycles. The number of rotatable bonds is 4. The quantitative estimate of drug-likeness (QED) is 0.894. The lowest BCUT2D eigenvalue weighted by molar-refractivity contribution is 0.0916. The molecular formula is C18H25N5O3. The van der Waals surface area contributed by atoms with Gasteiger partial charge < -0.3 is 15.0 Å². The average molecular weight is 359 g/mol. The number of fused-ring (bicyclic) bond motifs is 1. The van der Waals surface area contributed by atoms with E-state index in [-0.39, 0.29) is 17.9 Å². The Morgan fingerprint density at radius 3 is 2.85 bits per heavy atom. The molecule has 1 fully saturated rings. The molecule has 0 bridgehead atoms. The van der Waals surface area contributed by atoms with Gasteiger partial charge in [-0.25, -0.2) is 0 Å². The number of aromatic nitrogens is 3. The summed E-state index contributed by atoms with van der Waals surface area (Å²) in [6.45, 7) is 6.46. The van der Waals surface area contributed by atoms with Crippen LogP contribution in [0.2, 0.25) is 0 Å². The second-order valence-electron chi connectivity index (χ2n) is 6.62. The highest BCUT2D eigenvalue weighted by molar-refractivity contribution is 6.01. The largest absolute Gasteiger partial charge is 0.496 e. The monoisotopic (exact) mass is 359 g/mol. The zero-order valence-electron chi connectivity index (χ0n) is 15.5. The second-order valence-corrected chi connectivity index (χ2v) is 6.62. The lowest BCUT2D eigenvalue weighted by atomic mass is 10.1. The number of carbonyl (C=O) groups excluding carboxylic acids is 2. The number of likely N-dealkylation sites (N-methyl/N-ethyl adjacent to an activating group) is 1. The van der Waals surface area contributed by atoms with Crippen molar-refractivity contribution < 1.29 is 14.3 Å². The van der Waals surface area contributed by atoms with Crippen molar-refractivity contribution in [2.24, 2.45) is 0 Å². The molecule has 140 valence electrons. The Hall–Kier alpha value is -2.48. The number of ether oxygens (including phenoxy) is 1. The van der Waals surface area contributed by atoms with Crippen LogP contribution < -0.4 is 10.1 Å². The Labute approximate surface area is 152 Å². The zero-order chi connectivity index (χ0) is 18.7. The van der Waals surface area contributed by atoms with E-state index in [2.05, 4.69) is 27.5 Å². The van der Waals surface area contributed by atoms with Crippen molar-refractivity contribution in [1.82, 2.24) is 25.2 Å². The van der Waals surface area contributed by atoms with E-state index in [1.165, 1.54) is 18.7 Å². The molecule has 1 amide bonds. The maximum absolute atomic E-state index is 12.9. The topological polar surface area (TPSA) is 89.4 Å². The van der Waals surface area contributed by atoms with Gasteiger partial charge in [0, 0.05) is 25.6 Å². The predicted octanol–water partition coefficient (Wildman–Crippen LogP) is 1.70. The summed E-state index contributed by atoms with van der Waals surface area (Å²) in [4.78, 5) is 26.8. The normalized spacial score (nSPS) is 18.5. The van der Waals surface area contributed by atoms with Crippen LogP contribution in [-0.4, -0.2) is 64.5 Å². The van der Waals surface area contributed by atoms with Crippen molar-refractivity contribution in [3.63, 3.8) is 0 Å². The molecule has 1 aliphatic heterocycles. The zero-order valence-corrected chi connectivity index (χ0v) is 15.5. The number of carbonyl (C=O) groups is 2. The Balaban J connectivity index is 1.86. The first-order valence-corrected chi connectivity index (χ1v) is 9.01. The van der Waals surface area contributed by atoms with Crippen molar-refractivity contribution in [2.75, 3.05) is 26.7 Å². The summed E-state index contributed by atoms with van der Waals surface area (Å²) in [6.07, 6.45) is 3.22. The molecule has 1 N–H and O–H groups in total. The second kappa shape index (κ2) is 7.82. The van der Waals surface area contributed by atoms with Crippen molar-refractivity contribution in [3.8, 4) is 5.75 Å². The molecule has 8 heteroatoms. The van der Waals surface area contributed by atoms with E-state index < -0.39 is 0 Å². The number of likely N-dealkylation sites (tertiary alicyclic amines) is 1. The fourth-order valence-electron chi connectivity index (χ4n) is 3.42. The third kappa shape index (κ3) is 3.70. The minimum absolute atomic E-state index is 0.109. The molecule has 0 saturated carbocycles. The number of amides is 1. The minimum atomic E-state index is -0.245. The van der Waals surface area contributed by atoms with Crippen LogP contribution in [0.5, 0.6) is 5.75 Å². The number of nitrogens with zero attached hydrogens (tertiary/aromatic N) is 4. The average Bonchev–Trinajstić information content (AvgIpc) is 2.92. The number of methoxy groups -OCH3 is 1. The van der Waals surface area contributed by atoms with E-state index in [0.29, 0.717) is 22.3 Å². The van der Waals surface area contributed by atoms with Crippen LogP contribution in [0.3, 0.4) is 0 Å². The van der Waals surface area contributed by atoms with E-state index in [1.807, 2.05) is 0 Å². The van der Waals surface area contributed by atoms with E-state index >= 15 is 0 Å². The van der Waals surface area contributed by atoms with E-state index in [0.717, 1.165) is 38.9 Å². The Bertz CT molecular complexity index is 817. The maximum Gasteiger partial charge on any atom is 0.255 e. The van der Waals surface area contributed by atoms with Crippen LogP contribution in [-0.2, 0) is 0 Å². The molecule has 26 heavy (non-hydrogen) atoms. The van der Waals surface area contributed by atoms with Crippen LogP contribution >= 0.6 is 0 Å². The highest BCUT2D eigenvalue weighted by Crippen LogP contribution is 2.25. The van der Waals surface area contributed by atoms with E-state index in [1.54, 1.807) is 12.1 Å². The lowest BCUT2D eigenvalue weighted by Gasteiger charge is -2.23. The lowest BCUT2D eigenvalue weighted by Crippen LogP contribution is -2.42. The number of benzene rings is 1. The van der Waals surface area contributed by atoms with Gasteiger partial charge in [-0.15, -0.1) is 5.10 Å². The first-order valence-electron chi connectivity index (χ1n) is 9.01. The summed E-state index contributed by atoms with van der Waals surface area (Å²) in [5, 5.41) is 11.0. The first-order chi connectivity index (χ1) is 12.5. The molecule has 0 radical (unpaired) electrons. The van der Waals surface area contributed by atoms with Gasteiger partial charge in [-0.05, 0) is 32.0 Å². The molecule has 1 aliphatic rings. The highest BCUT2D eigenvalue weighted by Gasteiger charge is 2.23. The predicted molar refractivity (Wildman–Crippen MR) is 97.6 cm³/mol. The number of hydrogen-bond donors (Lipinski definition) is 1. The van der Waals surface area contributed by atoms with E-state index in [9.17, 15) is 9.59 Å². The van der Waals surface area contributed by atoms with Crippen molar-refractivity contribution >= 4 is 22.8 Å². The fraction of sp³-hybridized carbons (Fsp3) is 0.556. The van der Waals surface area contributed by atoms with Gasteiger partial charge >= 0.3 is 0 Å². The Kier molecular flexibility index (Phi) is 5.51. The SMILES string of the molecule is CCN1CCCCC(NC(=O)c2cc3nnn(C(C)=O)c3cc2OC)C1. The highest BCUT2D eigenvalue weighted by atomic mass is 16.5. The summed E-state index contributed by atoms with van der Waals surface area (Å²) < 4.78 is 6.58. The summed E-state index contributed by atoms with van der Waals surface area (Å²) in [6, 6.07) is 3.37. The minimum Gasteiger partial charge on any atom is -0.496 e. The van der Waals surface area contributed by atoms with Gasteiger partial charge in [-0.3, -0.25) is 9.59 Å². The Morgan fingerprint density at radius 2 is 2.15 bits per heavy atom. The molecule has 8 nitrogen and oxygen atoms in total. The van der Waals surface area contributed by atoms with Crippen LogP contribution in [0.4, 0.5) is 0 Å². The Morgan fingerprint density at radius 1 is 1.35 bits per heavy atom. The molecule has 1 unspecified atom stereocenters. The molecular weight excluding hydrogens is 334 g/mol. The number of nitrogens with one attached hydrogen (secondary N) is 1. The van der Waals surface area contributed by atoms with Gasteiger partial charge in [0.05, 0.1) is 12.7 Å². The van der Waals surface area contributed by atoms with Gasteiger partial charge in [0.25, 0.3) is 5.91 Å². The molecule has 2 aromatic rings. The molecule has 1 aromatic carbocycles. The van der Waals surface area contributed by atoms with Gasteiger partial charge in [0.15, 0.2) is 0 Å². The third-order valence-corrected chi connectivity index (χ3v) is 4.85. The summed E-state index contributed by atoms with van der Waals surface area (Å²) in [5.74, 6) is -0.0327. The van der Waals surface area contributed by atoms with Crippen LogP contribution in [0.25, 0.3) is 11.0 Å². The van der Waals surface area contributed by atoms with Crippen molar-refractivity contribution in [3.05, 3.63) is 17.7 Å². The van der Waals surface area contributed by atoms with Gasteiger partial charge in [-0.1, -0.05) is 18.6 Å². The first kappa shape index (κ1) is 18.3. The summed E-state index contributed by atoms with van der Waals surface area (Å²) in [7, 11) is 1.50. The number of hydrogen-bond acceptors (Lipinski definition) is 6. The molecule has 1 aromatic heterocycles. The molecule has 1 saturated heterocycles. The van der Waals surface area contributed by atoms with E-state index in [4.69, 9.17) is 4.74 Å². The summed E-state index contributed by atoms with van der Waals surface area (Å²) in [5.41, 5.74) is 1.42. The summed E-state index contributed by atoms with van der Waals surface area (Å²) >= 11 is 0. The van der Waals surface area contributed by atoms with Crippen LogP contribution in [0, 0.1) is 0 Å².